The van der Waals surface area contributed by atoms with Crippen molar-refractivity contribution >= 4 is 22.3 Å². The maximum atomic E-state index is 11.1. The first kappa shape index (κ1) is 17.6. The number of phenols is 2. The van der Waals surface area contributed by atoms with Gasteiger partial charge in [0.15, 0.2) is 11.5 Å². The molecule has 0 fully saturated rings. The molecule has 146 valence electrons. The van der Waals surface area contributed by atoms with Crippen LogP contribution in [-0.2, 0) is 0 Å². The highest BCUT2D eigenvalue weighted by Gasteiger charge is 2.36. The van der Waals surface area contributed by atoms with Gasteiger partial charge in [-0.25, -0.2) is 0 Å². The van der Waals surface area contributed by atoms with Crippen LogP contribution >= 0.6 is 0 Å². The third-order valence-corrected chi connectivity index (χ3v) is 5.45. The lowest BCUT2D eigenvalue weighted by atomic mass is 9.81. The van der Waals surface area contributed by atoms with Crippen molar-refractivity contribution in [2.24, 2.45) is 0 Å². The molecule has 5 rings (SSSR count). The molecule has 6 N–H and O–H groups in total. The predicted molar refractivity (Wildman–Crippen MR) is 113 cm³/mol. The first-order valence-corrected chi connectivity index (χ1v) is 9.20. The number of nitriles is 1. The summed E-state index contributed by atoms with van der Waals surface area (Å²) in [5, 5.41) is 32.6. The number of aromatic hydroxyl groups is 2. The lowest BCUT2D eigenvalue weighted by Crippen LogP contribution is -2.17. The van der Waals surface area contributed by atoms with E-state index in [-0.39, 0.29) is 40.2 Å². The number of fused-ring (bicyclic) bond motifs is 3. The summed E-state index contributed by atoms with van der Waals surface area (Å²) >= 11 is 0. The fourth-order valence-corrected chi connectivity index (χ4v) is 4.05. The van der Waals surface area contributed by atoms with E-state index in [4.69, 9.17) is 16.2 Å². The van der Waals surface area contributed by atoms with Gasteiger partial charge in [-0.1, -0.05) is 48.5 Å². The number of phenolic OH excluding ortho intramolecular Hbond substituents is 2. The van der Waals surface area contributed by atoms with Crippen molar-refractivity contribution in [1.29, 1.82) is 5.26 Å². The maximum absolute atomic E-state index is 11.1. The van der Waals surface area contributed by atoms with Gasteiger partial charge in [-0.3, -0.25) is 0 Å². The monoisotopic (exact) mass is 396 g/mol. The van der Waals surface area contributed by atoms with Crippen molar-refractivity contribution in [3.8, 4) is 29.2 Å². The van der Waals surface area contributed by atoms with Gasteiger partial charge < -0.3 is 26.4 Å². The molecule has 7 nitrogen and oxygen atoms in total. The molecule has 2 heterocycles. The molecule has 30 heavy (non-hydrogen) atoms. The smallest absolute Gasteiger partial charge is 0.227 e. The molecule has 3 aromatic carbocycles. The van der Waals surface area contributed by atoms with Gasteiger partial charge in [0.2, 0.25) is 5.88 Å². The van der Waals surface area contributed by atoms with E-state index < -0.39 is 5.92 Å². The van der Waals surface area contributed by atoms with Gasteiger partial charge in [0.1, 0.15) is 23.2 Å². The fraction of sp³-hybridized carbons (Fsp3) is 0.0435. The second-order valence-corrected chi connectivity index (χ2v) is 7.07. The molecule has 0 saturated heterocycles. The van der Waals surface area contributed by atoms with E-state index in [0.717, 1.165) is 5.39 Å². The van der Waals surface area contributed by atoms with Crippen molar-refractivity contribution in [1.82, 2.24) is 4.98 Å². The van der Waals surface area contributed by atoms with Gasteiger partial charge in [-0.05, 0) is 11.5 Å². The third kappa shape index (κ3) is 2.34. The van der Waals surface area contributed by atoms with Crippen molar-refractivity contribution in [3.63, 3.8) is 0 Å². The number of benzene rings is 3. The van der Waals surface area contributed by atoms with Crippen LogP contribution in [-0.4, -0.2) is 15.2 Å². The van der Waals surface area contributed by atoms with Gasteiger partial charge in [0.05, 0.1) is 11.3 Å². The number of anilines is 2. The second-order valence-electron chi connectivity index (χ2n) is 7.07. The number of nitrogens with two attached hydrogens (primary N) is 2. The maximum Gasteiger partial charge on any atom is 0.227 e. The van der Waals surface area contributed by atoms with Crippen LogP contribution in [0.2, 0.25) is 0 Å². The van der Waals surface area contributed by atoms with E-state index in [1.807, 2.05) is 36.4 Å². The molecule has 4 aromatic rings. The largest absolute Gasteiger partial charge is 0.507 e. The molecule has 0 bridgehead atoms. The normalized spacial score (nSPS) is 14.4. The Bertz CT molecular complexity index is 1390. The Morgan fingerprint density at radius 1 is 0.967 bits per heavy atom. The zero-order valence-corrected chi connectivity index (χ0v) is 15.6. The molecule has 0 amide bonds. The quantitative estimate of drug-likeness (QED) is 0.336. The molecule has 1 aromatic heterocycles. The Kier molecular flexibility index (Phi) is 3.70. The van der Waals surface area contributed by atoms with Crippen LogP contribution < -0.4 is 16.2 Å². The Balaban J connectivity index is 1.88. The summed E-state index contributed by atoms with van der Waals surface area (Å²) in [6.45, 7) is 0. The highest BCUT2D eigenvalue weighted by Crippen LogP contribution is 2.54. The highest BCUT2D eigenvalue weighted by molar-refractivity contribution is 5.90. The van der Waals surface area contributed by atoms with E-state index in [1.165, 1.54) is 6.07 Å². The van der Waals surface area contributed by atoms with Crippen molar-refractivity contribution < 1.29 is 14.9 Å². The molecule has 1 unspecified atom stereocenters. The number of para-hydroxylation sites is 1. The van der Waals surface area contributed by atoms with Crippen LogP contribution in [0.4, 0.5) is 11.5 Å². The Hall–Kier alpha value is -4.44. The summed E-state index contributed by atoms with van der Waals surface area (Å²) in [5.74, 6) is -0.384. The van der Waals surface area contributed by atoms with Gasteiger partial charge in [0.25, 0.3) is 0 Å². The van der Waals surface area contributed by atoms with Crippen LogP contribution in [0.15, 0.2) is 54.6 Å². The Morgan fingerprint density at radius 3 is 2.57 bits per heavy atom. The zero-order chi connectivity index (χ0) is 21.0. The summed E-state index contributed by atoms with van der Waals surface area (Å²) < 4.78 is 5.84. The van der Waals surface area contributed by atoms with E-state index in [0.29, 0.717) is 22.1 Å². The lowest BCUT2D eigenvalue weighted by Gasteiger charge is -2.30. The van der Waals surface area contributed by atoms with Crippen molar-refractivity contribution in [2.45, 2.75) is 5.92 Å². The molecular formula is C23H16N4O3. The van der Waals surface area contributed by atoms with Gasteiger partial charge >= 0.3 is 0 Å². The van der Waals surface area contributed by atoms with Crippen LogP contribution in [0.5, 0.6) is 23.1 Å². The summed E-state index contributed by atoms with van der Waals surface area (Å²) in [5.41, 5.74) is 14.0. The fourth-order valence-electron chi connectivity index (χ4n) is 4.05. The van der Waals surface area contributed by atoms with E-state index in [2.05, 4.69) is 4.98 Å². The van der Waals surface area contributed by atoms with Gasteiger partial charge in [-0.15, -0.1) is 0 Å². The molecule has 1 aliphatic heterocycles. The Labute approximate surface area is 171 Å². The minimum Gasteiger partial charge on any atom is -0.507 e. The number of aromatic nitrogens is 1. The van der Waals surface area contributed by atoms with Crippen LogP contribution in [0.25, 0.3) is 10.8 Å². The summed E-state index contributed by atoms with van der Waals surface area (Å²) in [4.78, 5) is 4.21. The first-order chi connectivity index (χ1) is 14.5. The minimum atomic E-state index is -0.624. The second kappa shape index (κ2) is 6.29. The molecular weight excluding hydrogens is 380 g/mol. The topological polar surface area (TPSA) is 138 Å². The van der Waals surface area contributed by atoms with Crippen molar-refractivity contribution in [3.05, 3.63) is 76.9 Å². The zero-order valence-electron chi connectivity index (χ0n) is 15.6. The predicted octanol–water partition coefficient (Wildman–Crippen LogP) is 3.97. The minimum absolute atomic E-state index is 0.0474. The average Bonchev–Trinajstić information content (AvgIpc) is 2.74. The number of nitrogens with zero attached hydrogens (tertiary/aromatic N) is 2. The molecule has 0 aliphatic carbocycles. The number of hydrogen-bond donors (Lipinski definition) is 4. The molecule has 1 aliphatic rings. The standard InChI is InChI=1S/C23H16N4O3/c24-10-15-19(25)18-17(13-9-8-11-4-1-2-5-12(11)20(13)29)14-6-3-7-16(28)21(14)30-23(18)27-22(15)26/h1-9,17,28-29H,(H4,25,26,27). The molecule has 0 radical (unpaired) electrons. The molecule has 1 atom stereocenters. The van der Waals surface area contributed by atoms with Crippen LogP contribution in [0, 0.1) is 11.3 Å². The van der Waals surface area contributed by atoms with E-state index in [1.54, 1.807) is 18.2 Å². The molecule has 7 heteroatoms. The van der Waals surface area contributed by atoms with Crippen LogP contribution in [0.3, 0.4) is 0 Å². The lowest BCUT2D eigenvalue weighted by molar-refractivity contribution is 0.385. The molecule has 0 spiro atoms. The number of ether oxygens (including phenoxy) is 1. The summed E-state index contributed by atoms with van der Waals surface area (Å²) in [7, 11) is 0. The number of pyridine rings is 1. The van der Waals surface area contributed by atoms with Gasteiger partial charge in [-0.2, -0.15) is 10.2 Å². The molecule has 0 saturated carbocycles. The van der Waals surface area contributed by atoms with Crippen molar-refractivity contribution in [2.75, 3.05) is 11.5 Å². The number of hydrogen-bond acceptors (Lipinski definition) is 7. The first-order valence-electron chi connectivity index (χ1n) is 9.20. The SMILES string of the molecule is N#Cc1c(N)nc2c(c1N)C(c1ccc3ccccc3c1O)c1cccc(O)c1O2. The summed E-state index contributed by atoms with van der Waals surface area (Å²) in [6, 6.07) is 18.1. The third-order valence-electron chi connectivity index (χ3n) is 5.45. The van der Waals surface area contributed by atoms with Crippen LogP contribution in [0.1, 0.15) is 28.2 Å². The average molecular weight is 396 g/mol. The Morgan fingerprint density at radius 2 is 1.77 bits per heavy atom. The van der Waals surface area contributed by atoms with E-state index in [9.17, 15) is 15.5 Å². The van der Waals surface area contributed by atoms with E-state index >= 15 is 0 Å². The summed E-state index contributed by atoms with van der Waals surface area (Å²) in [6.07, 6.45) is 0. The van der Waals surface area contributed by atoms with Gasteiger partial charge in [0, 0.05) is 22.4 Å². The number of rotatable bonds is 1. The highest BCUT2D eigenvalue weighted by atomic mass is 16.5. The number of nitrogen functional groups attached to an aromatic ring is 2.